The van der Waals surface area contributed by atoms with Gasteiger partial charge in [-0.2, -0.15) is 4.31 Å². The summed E-state index contributed by atoms with van der Waals surface area (Å²) in [6.45, 7) is 5.06. The Morgan fingerprint density at radius 1 is 1.12 bits per heavy atom. The number of hydrogen-bond acceptors (Lipinski definition) is 7. The Labute approximate surface area is 199 Å². The molecule has 0 radical (unpaired) electrons. The van der Waals surface area contributed by atoms with Crippen LogP contribution in [0.25, 0.3) is 0 Å². The first-order valence-electron chi connectivity index (χ1n) is 11.0. The SMILES string of the molecule is CCN(Cc1ccc(OCc2cccs2)c(OC)c1)c1ccc(S(=O)(=O)N2CCCC2)cn1. The molecule has 33 heavy (non-hydrogen) atoms. The third kappa shape index (κ3) is 5.48. The van der Waals surface area contributed by atoms with E-state index in [9.17, 15) is 8.42 Å². The summed E-state index contributed by atoms with van der Waals surface area (Å²) in [6, 6.07) is 13.4. The maximum Gasteiger partial charge on any atom is 0.244 e. The molecule has 0 unspecified atom stereocenters. The molecule has 7 nitrogen and oxygen atoms in total. The Balaban J connectivity index is 1.45. The van der Waals surface area contributed by atoms with Gasteiger partial charge in [-0.1, -0.05) is 12.1 Å². The first-order valence-corrected chi connectivity index (χ1v) is 13.4. The van der Waals surface area contributed by atoms with Gasteiger partial charge in [0.15, 0.2) is 11.5 Å². The third-order valence-corrected chi connectivity index (χ3v) is 8.41. The molecule has 9 heteroatoms. The lowest BCUT2D eigenvalue weighted by Crippen LogP contribution is -2.28. The zero-order valence-corrected chi connectivity index (χ0v) is 20.6. The van der Waals surface area contributed by atoms with Crippen molar-refractivity contribution in [2.45, 2.75) is 37.8 Å². The second-order valence-electron chi connectivity index (χ2n) is 7.83. The summed E-state index contributed by atoms with van der Waals surface area (Å²) >= 11 is 1.66. The lowest BCUT2D eigenvalue weighted by Gasteiger charge is -2.23. The van der Waals surface area contributed by atoms with Crippen LogP contribution in [0.2, 0.25) is 0 Å². The Morgan fingerprint density at radius 3 is 2.58 bits per heavy atom. The number of nitrogens with zero attached hydrogens (tertiary/aromatic N) is 3. The molecule has 1 aromatic carbocycles. The van der Waals surface area contributed by atoms with Gasteiger partial charge in [-0.3, -0.25) is 0 Å². The van der Waals surface area contributed by atoms with E-state index in [2.05, 4.69) is 9.88 Å². The fourth-order valence-corrected chi connectivity index (χ4v) is 5.92. The number of anilines is 1. The fourth-order valence-electron chi connectivity index (χ4n) is 3.84. The Hall–Kier alpha value is -2.62. The lowest BCUT2D eigenvalue weighted by molar-refractivity contribution is 0.287. The highest BCUT2D eigenvalue weighted by atomic mass is 32.2. The molecule has 1 aliphatic rings. The van der Waals surface area contributed by atoms with Gasteiger partial charge in [-0.05, 0) is 61.0 Å². The average molecular weight is 488 g/mol. The predicted octanol–water partition coefficient (Wildman–Crippen LogP) is 4.54. The van der Waals surface area contributed by atoms with Crippen LogP contribution in [-0.2, 0) is 23.2 Å². The average Bonchev–Trinajstić information content (AvgIpc) is 3.56. The number of methoxy groups -OCH3 is 1. The van der Waals surface area contributed by atoms with E-state index in [1.807, 2.05) is 42.6 Å². The van der Waals surface area contributed by atoms with Crippen molar-refractivity contribution in [3.63, 3.8) is 0 Å². The molecule has 3 heterocycles. The van der Waals surface area contributed by atoms with Crippen molar-refractivity contribution in [3.8, 4) is 11.5 Å². The van der Waals surface area contributed by atoms with Gasteiger partial charge in [0, 0.05) is 37.3 Å². The van der Waals surface area contributed by atoms with E-state index in [4.69, 9.17) is 9.47 Å². The quantitative estimate of drug-likeness (QED) is 0.418. The highest BCUT2D eigenvalue weighted by Gasteiger charge is 2.27. The van der Waals surface area contributed by atoms with E-state index in [1.54, 1.807) is 30.6 Å². The van der Waals surface area contributed by atoms with Crippen LogP contribution in [0.5, 0.6) is 11.5 Å². The predicted molar refractivity (Wildman–Crippen MR) is 131 cm³/mol. The molecule has 1 saturated heterocycles. The normalized spacial score (nSPS) is 14.4. The highest BCUT2D eigenvalue weighted by molar-refractivity contribution is 7.89. The van der Waals surface area contributed by atoms with E-state index < -0.39 is 10.0 Å². The van der Waals surface area contributed by atoms with Gasteiger partial charge in [-0.25, -0.2) is 13.4 Å². The van der Waals surface area contributed by atoms with Gasteiger partial charge in [0.25, 0.3) is 0 Å². The standard InChI is InChI=1S/C24H29N3O4S2/c1-3-26(24-11-9-21(16-25-24)33(28,29)27-12-4-5-13-27)17-19-8-10-22(23(15-19)30-2)31-18-20-7-6-14-32-20/h6-11,14-16H,3-5,12-13,17-18H2,1-2H3. The molecular weight excluding hydrogens is 458 g/mol. The maximum absolute atomic E-state index is 12.8. The van der Waals surface area contributed by atoms with Crippen LogP contribution in [0.1, 0.15) is 30.2 Å². The van der Waals surface area contributed by atoms with Crippen LogP contribution in [0, 0.1) is 0 Å². The van der Waals surface area contributed by atoms with Crippen LogP contribution in [-0.4, -0.2) is 44.5 Å². The summed E-state index contributed by atoms with van der Waals surface area (Å²) in [5, 5.41) is 2.03. The number of pyridine rings is 1. The van der Waals surface area contributed by atoms with E-state index >= 15 is 0 Å². The van der Waals surface area contributed by atoms with Crippen molar-refractivity contribution in [1.82, 2.24) is 9.29 Å². The molecule has 0 spiro atoms. The highest BCUT2D eigenvalue weighted by Crippen LogP contribution is 2.30. The largest absolute Gasteiger partial charge is 0.493 e. The lowest BCUT2D eigenvalue weighted by atomic mass is 10.2. The van der Waals surface area contributed by atoms with Crippen molar-refractivity contribution < 1.29 is 17.9 Å². The molecule has 0 atom stereocenters. The molecule has 4 rings (SSSR count). The van der Waals surface area contributed by atoms with Gasteiger partial charge < -0.3 is 14.4 Å². The summed E-state index contributed by atoms with van der Waals surface area (Å²) in [7, 11) is -1.83. The second-order valence-corrected chi connectivity index (χ2v) is 10.8. The summed E-state index contributed by atoms with van der Waals surface area (Å²) in [5.41, 5.74) is 1.05. The molecule has 3 aromatic rings. The molecule has 0 aliphatic carbocycles. The number of ether oxygens (including phenoxy) is 2. The molecule has 0 saturated carbocycles. The summed E-state index contributed by atoms with van der Waals surface area (Å²) in [6.07, 6.45) is 3.29. The van der Waals surface area contributed by atoms with Gasteiger partial charge >= 0.3 is 0 Å². The number of rotatable bonds is 10. The van der Waals surface area contributed by atoms with Crippen LogP contribution in [0.3, 0.4) is 0 Å². The first-order chi connectivity index (χ1) is 16.0. The molecular formula is C24H29N3O4S2. The Bertz CT molecular complexity index is 1140. The van der Waals surface area contributed by atoms with Crippen LogP contribution < -0.4 is 14.4 Å². The molecule has 0 amide bonds. The van der Waals surface area contributed by atoms with Crippen molar-refractivity contribution in [2.24, 2.45) is 0 Å². The van der Waals surface area contributed by atoms with Crippen LogP contribution >= 0.6 is 11.3 Å². The molecule has 0 N–H and O–H groups in total. The molecule has 1 fully saturated rings. The third-order valence-electron chi connectivity index (χ3n) is 5.68. The minimum atomic E-state index is -3.46. The van der Waals surface area contributed by atoms with Crippen molar-refractivity contribution in [3.05, 3.63) is 64.5 Å². The van der Waals surface area contributed by atoms with Gasteiger partial charge in [-0.15, -0.1) is 11.3 Å². The topological polar surface area (TPSA) is 72.0 Å². The number of thiophene rings is 1. The van der Waals surface area contributed by atoms with Crippen LogP contribution in [0.15, 0.2) is 58.9 Å². The maximum atomic E-state index is 12.8. The molecule has 176 valence electrons. The number of aromatic nitrogens is 1. The molecule has 0 bridgehead atoms. The second kappa shape index (κ2) is 10.5. The Kier molecular flexibility index (Phi) is 7.52. The summed E-state index contributed by atoms with van der Waals surface area (Å²) in [4.78, 5) is 7.96. The van der Waals surface area contributed by atoms with E-state index in [0.717, 1.165) is 35.6 Å². The minimum Gasteiger partial charge on any atom is -0.493 e. The van der Waals surface area contributed by atoms with Crippen molar-refractivity contribution in [1.29, 1.82) is 0 Å². The number of sulfonamides is 1. The summed E-state index contributed by atoms with van der Waals surface area (Å²) in [5.74, 6) is 2.11. The zero-order valence-electron chi connectivity index (χ0n) is 18.9. The van der Waals surface area contributed by atoms with Crippen molar-refractivity contribution in [2.75, 3.05) is 31.6 Å². The molecule has 2 aromatic heterocycles. The monoisotopic (exact) mass is 487 g/mol. The first kappa shape index (κ1) is 23.5. The van der Waals surface area contributed by atoms with E-state index in [-0.39, 0.29) is 4.90 Å². The summed E-state index contributed by atoms with van der Waals surface area (Å²) < 4.78 is 38.5. The van der Waals surface area contributed by atoms with Crippen molar-refractivity contribution >= 4 is 27.2 Å². The molecule has 1 aliphatic heterocycles. The number of benzene rings is 1. The van der Waals surface area contributed by atoms with E-state index in [1.165, 1.54) is 10.5 Å². The minimum absolute atomic E-state index is 0.248. The van der Waals surface area contributed by atoms with Gasteiger partial charge in [0.2, 0.25) is 10.0 Å². The smallest absolute Gasteiger partial charge is 0.244 e. The van der Waals surface area contributed by atoms with E-state index in [0.29, 0.717) is 37.7 Å². The van der Waals surface area contributed by atoms with Gasteiger partial charge in [0.05, 0.1) is 7.11 Å². The Morgan fingerprint density at radius 2 is 1.94 bits per heavy atom. The zero-order chi connectivity index (χ0) is 23.3. The van der Waals surface area contributed by atoms with Gasteiger partial charge in [0.1, 0.15) is 17.3 Å². The fraction of sp³-hybridized carbons (Fsp3) is 0.375. The number of hydrogen-bond donors (Lipinski definition) is 0. The van der Waals surface area contributed by atoms with Crippen LogP contribution in [0.4, 0.5) is 5.82 Å².